The van der Waals surface area contributed by atoms with Crippen molar-refractivity contribution in [3.05, 3.63) is 35.5 Å². The number of nitrogens with two attached hydrogens (primary N) is 1. The molecular formula is C10H8N2O3. The summed E-state index contributed by atoms with van der Waals surface area (Å²) in [5, 5.41) is 9.48. The molecule has 2 aromatic rings. The first-order chi connectivity index (χ1) is 7.08. The highest BCUT2D eigenvalue weighted by atomic mass is 16.4. The molecule has 0 unspecified atom stereocenters. The normalized spacial score (nSPS) is 10.4. The van der Waals surface area contributed by atoms with Gasteiger partial charge in [0, 0.05) is 16.5 Å². The van der Waals surface area contributed by atoms with Crippen molar-refractivity contribution in [1.82, 2.24) is 4.98 Å². The Balaban J connectivity index is 2.62. The molecule has 0 spiro atoms. The number of carboxylic acid groups (broad SMARTS) is 1. The van der Waals surface area contributed by atoms with Gasteiger partial charge in [-0.25, -0.2) is 4.79 Å². The molecule has 4 N–H and O–H groups in total. The number of carboxylic acids is 1. The Morgan fingerprint density at radius 3 is 2.60 bits per heavy atom. The van der Waals surface area contributed by atoms with E-state index in [4.69, 9.17) is 10.8 Å². The molecule has 0 saturated heterocycles. The van der Waals surface area contributed by atoms with Crippen molar-refractivity contribution in [2.24, 2.45) is 5.73 Å². The molecule has 1 heterocycles. The number of aromatic amines is 1. The van der Waals surface area contributed by atoms with Crippen molar-refractivity contribution in [2.45, 2.75) is 0 Å². The summed E-state index contributed by atoms with van der Waals surface area (Å²) < 4.78 is 0. The molecule has 5 heteroatoms. The molecular weight excluding hydrogens is 196 g/mol. The number of rotatable bonds is 2. The quantitative estimate of drug-likeness (QED) is 0.679. The predicted octanol–water partition coefficient (Wildman–Crippen LogP) is 0.965. The number of primary amides is 1. The zero-order valence-corrected chi connectivity index (χ0v) is 7.65. The maximum absolute atomic E-state index is 10.9. The van der Waals surface area contributed by atoms with E-state index in [1.165, 1.54) is 12.1 Å². The number of aromatic carboxylic acids is 1. The van der Waals surface area contributed by atoms with Gasteiger partial charge in [0.15, 0.2) is 0 Å². The number of H-pyrrole nitrogens is 1. The van der Waals surface area contributed by atoms with Gasteiger partial charge in [0.05, 0.1) is 0 Å². The van der Waals surface area contributed by atoms with Gasteiger partial charge in [0.1, 0.15) is 5.69 Å². The minimum Gasteiger partial charge on any atom is -0.477 e. The molecule has 1 aromatic carbocycles. The second-order valence-electron chi connectivity index (χ2n) is 3.15. The molecule has 1 aromatic heterocycles. The SMILES string of the molecule is NC(=O)c1ccc2cc(C(=O)O)[nH]c2c1. The fourth-order valence-corrected chi connectivity index (χ4v) is 1.40. The molecule has 0 radical (unpaired) electrons. The topological polar surface area (TPSA) is 96.2 Å². The lowest BCUT2D eigenvalue weighted by atomic mass is 10.1. The Morgan fingerprint density at radius 1 is 1.27 bits per heavy atom. The smallest absolute Gasteiger partial charge is 0.352 e. The van der Waals surface area contributed by atoms with Crippen LogP contribution in [0, 0.1) is 0 Å². The van der Waals surface area contributed by atoms with E-state index in [2.05, 4.69) is 4.98 Å². The van der Waals surface area contributed by atoms with Gasteiger partial charge in [-0.05, 0) is 18.2 Å². The van der Waals surface area contributed by atoms with E-state index in [9.17, 15) is 9.59 Å². The number of hydrogen-bond acceptors (Lipinski definition) is 2. The van der Waals surface area contributed by atoms with Gasteiger partial charge < -0.3 is 15.8 Å². The highest BCUT2D eigenvalue weighted by Crippen LogP contribution is 2.16. The Labute approximate surface area is 84.5 Å². The molecule has 0 fully saturated rings. The van der Waals surface area contributed by atoms with E-state index in [1.54, 1.807) is 12.1 Å². The Morgan fingerprint density at radius 2 is 2.00 bits per heavy atom. The van der Waals surface area contributed by atoms with Crippen molar-refractivity contribution in [3.63, 3.8) is 0 Å². The molecule has 0 bridgehead atoms. The van der Waals surface area contributed by atoms with Crippen molar-refractivity contribution >= 4 is 22.8 Å². The summed E-state index contributed by atoms with van der Waals surface area (Å²) in [4.78, 5) is 24.2. The minimum absolute atomic E-state index is 0.0895. The van der Waals surface area contributed by atoms with Crippen molar-refractivity contribution in [1.29, 1.82) is 0 Å². The number of amides is 1. The Kier molecular flexibility index (Phi) is 1.93. The van der Waals surface area contributed by atoms with Crippen molar-refractivity contribution in [3.8, 4) is 0 Å². The third-order valence-electron chi connectivity index (χ3n) is 2.14. The van der Waals surface area contributed by atoms with Crippen LogP contribution in [0.3, 0.4) is 0 Å². The van der Waals surface area contributed by atoms with Crippen LogP contribution in [0.15, 0.2) is 24.3 Å². The number of aromatic nitrogens is 1. The average molecular weight is 204 g/mol. The second kappa shape index (κ2) is 3.13. The third kappa shape index (κ3) is 1.54. The molecule has 76 valence electrons. The highest BCUT2D eigenvalue weighted by molar-refractivity contribution is 5.99. The number of nitrogens with one attached hydrogen (secondary N) is 1. The van der Waals surface area contributed by atoms with E-state index < -0.39 is 11.9 Å². The number of carbonyl (C=O) groups is 2. The average Bonchev–Trinajstić information content (AvgIpc) is 2.59. The summed E-state index contributed by atoms with van der Waals surface area (Å²) in [6, 6.07) is 6.25. The maximum Gasteiger partial charge on any atom is 0.352 e. The van der Waals surface area contributed by atoms with Gasteiger partial charge >= 0.3 is 5.97 Å². The largest absolute Gasteiger partial charge is 0.477 e. The van der Waals surface area contributed by atoms with E-state index in [0.29, 0.717) is 11.1 Å². The van der Waals surface area contributed by atoms with E-state index in [1.807, 2.05) is 0 Å². The predicted molar refractivity (Wildman–Crippen MR) is 53.8 cm³/mol. The summed E-state index contributed by atoms with van der Waals surface area (Å²) >= 11 is 0. The van der Waals surface area contributed by atoms with Gasteiger partial charge in [-0.2, -0.15) is 0 Å². The summed E-state index contributed by atoms with van der Waals surface area (Å²) in [6.07, 6.45) is 0. The van der Waals surface area contributed by atoms with Crippen LogP contribution in [0.4, 0.5) is 0 Å². The fraction of sp³-hybridized carbons (Fsp3) is 0. The molecule has 0 aliphatic rings. The lowest BCUT2D eigenvalue weighted by Crippen LogP contribution is -2.10. The molecule has 2 rings (SSSR count). The van der Waals surface area contributed by atoms with E-state index in [-0.39, 0.29) is 5.69 Å². The molecule has 1 amide bonds. The highest BCUT2D eigenvalue weighted by Gasteiger charge is 2.08. The number of carbonyl (C=O) groups excluding carboxylic acids is 1. The maximum atomic E-state index is 10.9. The summed E-state index contributed by atoms with van der Waals surface area (Å²) in [6.45, 7) is 0. The standard InChI is InChI=1S/C10H8N2O3/c11-9(13)6-2-1-5-3-8(10(14)15)12-7(5)4-6/h1-4,12H,(H2,11,13)(H,14,15). The first-order valence-corrected chi connectivity index (χ1v) is 4.24. The summed E-state index contributed by atoms with van der Waals surface area (Å²) in [5.74, 6) is -1.57. The zero-order valence-electron chi connectivity index (χ0n) is 7.65. The molecule has 0 saturated carbocycles. The van der Waals surface area contributed by atoms with Gasteiger partial charge in [0.2, 0.25) is 5.91 Å². The molecule has 0 aliphatic carbocycles. The zero-order chi connectivity index (χ0) is 11.0. The van der Waals surface area contributed by atoms with Crippen LogP contribution in [0.1, 0.15) is 20.8 Å². The number of benzene rings is 1. The van der Waals surface area contributed by atoms with Gasteiger partial charge in [-0.1, -0.05) is 6.07 Å². The monoisotopic (exact) mass is 204 g/mol. The first kappa shape index (κ1) is 9.26. The van der Waals surface area contributed by atoms with Crippen molar-refractivity contribution < 1.29 is 14.7 Å². The number of fused-ring (bicyclic) bond motifs is 1. The Hall–Kier alpha value is -2.30. The van der Waals surface area contributed by atoms with Gasteiger partial charge in [-0.15, -0.1) is 0 Å². The molecule has 0 aliphatic heterocycles. The third-order valence-corrected chi connectivity index (χ3v) is 2.14. The van der Waals surface area contributed by atoms with Gasteiger partial charge in [-0.3, -0.25) is 4.79 Å². The lowest BCUT2D eigenvalue weighted by Gasteiger charge is -1.94. The van der Waals surface area contributed by atoms with E-state index >= 15 is 0 Å². The lowest BCUT2D eigenvalue weighted by molar-refractivity contribution is 0.0691. The fourth-order valence-electron chi connectivity index (χ4n) is 1.40. The minimum atomic E-state index is -1.04. The van der Waals surface area contributed by atoms with Crippen LogP contribution >= 0.6 is 0 Å². The number of hydrogen-bond donors (Lipinski definition) is 3. The molecule has 5 nitrogen and oxygen atoms in total. The van der Waals surface area contributed by atoms with Crippen LogP contribution in [-0.2, 0) is 0 Å². The second-order valence-corrected chi connectivity index (χ2v) is 3.15. The summed E-state index contributed by atoms with van der Waals surface area (Å²) in [7, 11) is 0. The van der Waals surface area contributed by atoms with Crippen LogP contribution in [0.5, 0.6) is 0 Å². The Bertz CT molecular complexity index is 545. The van der Waals surface area contributed by atoms with Crippen LogP contribution in [0.25, 0.3) is 10.9 Å². The molecule has 0 atom stereocenters. The van der Waals surface area contributed by atoms with Crippen LogP contribution in [-0.4, -0.2) is 22.0 Å². The summed E-state index contributed by atoms with van der Waals surface area (Å²) in [5.41, 5.74) is 6.13. The van der Waals surface area contributed by atoms with Crippen molar-refractivity contribution in [2.75, 3.05) is 0 Å². The van der Waals surface area contributed by atoms with E-state index in [0.717, 1.165) is 5.39 Å². The molecule has 15 heavy (non-hydrogen) atoms. The van der Waals surface area contributed by atoms with Crippen LogP contribution in [0.2, 0.25) is 0 Å². The van der Waals surface area contributed by atoms with Gasteiger partial charge in [0.25, 0.3) is 0 Å². The van der Waals surface area contributed by atoms with Crippen LogP contribution < -0.4 is 5.73 Å². The first-order valence-electron chi connectivity index (χ1n) is 4.24.